The molecule has 2 amide bonds. The van der Waals surface area contributed by atoms with Gasteiger partial charge in [-0.15, -0.1) is 5.10 Å². The first-order chi connectivity index (χ1) is 23.3. The van der Waals surface area contributed by atoms with E-state index in [1.54, 1.807) is 11.1 Å². The zero-order valence-electron chi connectivity index (χ0n) is 27.8. The maximum atomic E-state index is 14.1. The molecule has 5 heterocycles. The summed E-state index contributed by atoms with van der Waals surface area (Å²) in [5, 5.41) is 12.7. The van der Waals surface area contributed by atoms with Crippen LogP contribution in [0.5, 0.6) is 0 Å². The number of hydrogen-bond acceptors (Lipinski definition) is 8. The minimum Gasteiger partial charge on any atom is -0.436 e. The summed E-state index contributed by atoms with van der Waals surface area (Å²) in [7, 11) is 2.16. The first-order valence-electron chi connectivity index (χ1n) is 17.2. The van der Waals surface area contributed by atoms with Gasteiger partial charge in [0, 0.05) is 75.8 Å². The largest absolute Gasteiger partial charge is 0.436 e. The molecule has 3 fully saturated rings. The molecule has 0 saturated carbocycles. The van der Waals surface area contributed by atoms with Crippen molar-refractivity contribution in [3.8, 4) is 11.4 Å². The van der Waals surface area contributed by atoms with Crippen LogP contribution in [0.3, 0.4) is 0 Å². The number of piperazine rings is 1. The summed E-state index contributed by atoms with van der Waals surface area (Å²) < 4.78 is 7.59. The monoisotopic (exact) mass is 655 g/mol. The number of aromatic nitrogens is 5. The van der Waals surface area contributed by atoms with Gasteiger partial charge in [0.15, 0.2) is 11.9 Å². The molecule has 4 aromatic rings. The van der Waals surface area contributed by atoms with E-state index in [0.29, 0.717) is 50.9 Å². The molecular weight excluding hydrogens is 610 g/mol. The quantitative estimate of drug-likeness (QED) is 0.310. The van der Waals surface area contributed by atoms with Gasteiger partial charge in [-0.1, -0.05) is 36.4 Å². The second kappa shape index (κ2) is 13.9. The molecule has 3 aliphatic heterocycles. The van der Waals surface area contributed by atoms with E-state index in [0.717, 1.165) is 66.6 Å². The predicted octanol–water partition coefficient (Wildman–Crippen LogP) is 3.05. The van der Waals surface area contributed by atoms with Crippen molar-refractivity contribution >= 4 is 22.9 Å². The Morgan fingerprint density at radius 2 is 1.60 bits per heavy atom. The number of fused-ring (bicyclic) bond motifs is 1. The summed E-state index contributed by atoms with van der Waals surface area (Å²) in [4.78, 5) is 51.8. The van der Waals surface area contributed by atoms with E-state index < -0.39 is 12.2 Å². The number of rotatable bonds is 7. The molecule has 7 rings (SSSR count). The highest BCUT2D eigenvalue weighted by atomic mass is 16.6. The number of nitrogens with one attached hydrogen (secondary N) is 2. The fourth-order valence-electron chi connectivity index (χ4n) is 7.47. The van der Waals surface area contributed by atoms with Gasteiger partial charge in [0.2, 0.25) is 0 Å². The lowest BCUT2D eigenvalue weighted by molar-refractivity contribution is -0.142. The van der Waals surface area contributed by atoms with Crippen LogP contribution in [0, 0.1) is 6.92 Å². The summed E-state index contributed by atoms with van der Waals surface area (Å²) in [5.74, 6) is 0.386. The molecule has 254 valence electrons. The van der Waals surface area contributed by atoms with Gasteiger partial charge in [0.1, 0.15) is 0 Å². The van der Waals surface area contributed by atoms with Gasteiger partial charge < -0.3 is 19.4 Å². The van der Waals surface area contributed by atoms with Crippen molar-refractivity contribution in [2.75, 3.05) is 59.4 Å². The number of aryl methyl sites for hydroxylation is 1. The maximum absolute atomic E-state index is 14.1. The van der Waals surface area contributed by atoms with Crippen LogP contribution in [0.15, 0.2) is 53.5 Å². The Morgan fingerprint density at radius 3 is 2.33 bits per heavy atom. The summed E-state index contributed by atoms with van der Waals surface area (Å²) >= 11 is 0. The van der Waals surface area contributed by atoms with E-state index in [4.69, 9.17) is 4.74 Å². The minimum absolute atomic E-state index is 0.140. The zero-order valence-corrected chi connectivity index (χ0v) is 27.8. The van der Waals surface area contributed by atoms with Gasteiger partial charge in [0.25, 0.3) is 5.91 Å². The molecular formula is C35H45N9O4. The van der Waals surface area contributed by atoms with E-state index in [2.05, 4.69) is 37.1 Å². The molecule has 13 heteroatoms. The van der Waals surface area contributed by atoms with Crippen molar-refractivity contribution in [2.24, 2.45) is 0 Å². The third-order valence-corrected chi connectivity index (χ3v) is 10.3. The van der Waals surface area contributed by atoms with E-state index in [1.807, 2.05) is 54.3 Å². The number of hydrogen-bond donors (Lipinski definition) is 2. The normalized spacial score (nSPS) is 19.5. The number of benzene rings is 2. The van der Waals surface area contributed by atoms with Crippen molar-refractivity contribution < 1.29 is 14.3 Å². The summed E-state index contributed by atoms with van der Waals surface area (Å²) in [6.07, 6.45) is 3.57. The van der Waals surface area contributed by atoms with Crippen molar-refractivity contribution in [2.45, 2.75) is 57.2 Å². The third-order valence-electron chi connectivity index (χ3n) is 10.3. The molecule has 1 atom stereocenters. The van der Waals surface area contributed by atoms with Crippen LogP contribution in [-0.2, 0) is 16.0 Å². The topological polar surface area (TPSA) is 136 Å². The average Bonchev–Trinajstić information content (AvgIpc) is 3.76. The van der Waals surface area contributed by atoms with Crippen LogP contribution in [-0.4, -0.2) is 128 Å². The number of nitrogens with zero attached hydrogens (tertiary/aromatic N) is 7. The number of amides is 2. The number of carbonyl (C=O) groups is 2. The highest BCUT2D eigenvalue weighted by Crippen LogP contribution is 2.26. The van der Waals surface area contributed by atoms with Crippen molar-refractivity contribution in [1.82, 2.24) is 44.6 Å². The van der Waals surface area contributed by atoms with E-state index in [1.165, 1.54) is 4.68 Å². The van der Waals surface area contributed by atoms with Crippen LogP contribution in [0.4, 0.5) is 4.79 Å². The maximum Gasteiger partial charge on any atom is 0.410 e. The second-order valence-electron chi connectivity index (χ2n) is 13.5. The van der Waals surface area contributed by atoms with Crippen molar-refractivity contribution in [1.29, 1.82) is 0 Å². The van der Waals surface area contributed by atoms with Crippen LogP contribution < -0.4 is 5.69 Å². The molecule has 2 N–H and O–H groups in total. The predicted molar refractivity (Wildman–Crippen MR) is 182 cm³/mol. The van der Waals surface area contributed by atoms with Gasteiger partial charge in [-0.05, 0) is 56.8 Å². The summed E-state index contributed by atoms with van der Waals surface area (Å²) in [6, 6.07) is 13.9. The second-order valence-corrected chi connectivity index (χ2v) is 13.5. The van der Waals surface area contributed by atoms with E-state index in [-0.39, 0.29) is 24.1 Å². The SMILES string of the molecule is Cc1cc(C[C@@H](OC(=O)N2CCC(n3nc(-c4ccccc4)[nH]c3=O)CC2)C(=O)N2CCC(N3CCN(C)CC3)CC2)cc2cn[nH]c12. The highest BCUT2D eigenvalue weighted by Gasteiger charge is 2.35. The zero-order chi connectivity index (χ0) is 33.2. The molecule has 48 heavy (non-hydrogen) atoms. The molecule has 0 radical (unpaired) electrons. The molecule has 13 nitrogen and oxygen atoms in total. The molecule has 3 saturated heterocycles. The van der Waals surface area contributed by atoms with Gasteiger partial charge in [-0.3, -0.25) is 19.8 Å². The van der Waals surface area contributed by atoms with Crippen LogP contribution >= 0.6 is 0 Å². The lowest BCUT2D eigenvalue weighted by Crippen LogP contribution is -2.54. The Hall–Kier alpha value is -4.49. The van der Waals surface area contributed by atoms with Crippen molar-refractivity contribution in [3.63, 3.8) is 0 Å². The fourth-order valence-corrected chi connectivity index (χ4v) is 7.47. The van der Waals surface area contributed by atoms with Gasteiger partial charge in [0.05, 0.1) is 17.8 Å². The minimum atomic E-state index is -0.943. The lowest BCUT2D eigenvalue weighted by atomic mass is 9.99. The standard InChI is InChI=1S/C35H45N9O4/c1-24-20-25(21-27-23-36-38-31(24)27)22-30(33(45)42-12-8-28(9-13-42)41-18-16-40(2)17-19-41)48-35(47)43-14-10-29(11-15-43)44-34(46)37-32(39-44)26-6-4-3-5-7-26/h3-7,20-21,23,28-30H,8-19,22H2,1-2H3,(H,36,38)(H,37,39,46)/t30-/m1/s1. The molecule has 0 aliphatic carbocycles. The number of piperidine rings is 2. The summed E-state index contributed by atoms with van der Waals surface area (Å²) in [6.45, 7) is 8.38. The molecule has 0 spiro atoms. The van der Waals surface area contributed by atoms with Gasteiger partial charge in [-0.2, -0.15) is 5.10 Å². The van der Waals surface area contributed by atoms with Gasteiger partial charge in [-0.25, -0.2) is 14.3 Å². The first kappa shape index (κ1) is 32.1. The van der Waals surface area contributed by atoms with Gasteiger partial charge >= 0.3 is 11.8 Å². The smallest absolute Gasteiger partial charge is 0.410 e. The Bertz CT molecular complexity index is 1780. The Balaban J connectivity index is 1.01. The number of likely N-dealkylation sites (tertiary alicyclic amines) is 2. The fraction of sp³-hybridized carbons (Fsp3) is 0.514. The Morgan fingerprint density at radius 1 is 0.917 bits per heavy atom. The molecule has 2 aromatic carbocycles. The molecule has 0 unspecified atom stereocenters. The Kier molecular flexibility index (Phi) is 9.31. The van der Waals surface area contributed by atoms with Crippen LogP contribution in [0.1, 0.15) is 42.9 Å². The van der Waals surface area contributed by atoms with Crippen LogP contribution in [0.25, 0.3) is 22.3 Å². The number of H-pyrrole nitrogens is 2. The van der Waals surface area contributed by atoms with E-state index >= 15 is 0 Å². The van der Waals surface area contributed by atoms with Crippen molar-refractivity contribution in [3.05, 3.63) is 70.3 Å². The number of likely N-dealkylation sites (N-methyl/N-ethyl adjacent to an activating group) is 1. The number of ether oxygens (including phenoxy) is 1. The molecule has 2 aromatic heterocycles. The molecule has 0 bridgehead atoms. The van der Waals surface area contributed by atoms with E-state index in [9.17, 15) is 14.4 Å². The number of carbonyl (C=O) groups excluding carboxylic acids is 2. The first-order valence-corrected chi connectivity index (χ1v) is 17.2. The van der Waals surface area contributed by atoms with Crippen LogP contribution in [0.2, 0.25) is 0 Å². The summed E-state index contributed by atoms with van der Waals surface area (Å²) in [5.41, 5.74) is 3.49. The Labute approximate surface area is 279 Å². The molecule has 3 aliphatic rings. The third kappa shape index (κ3) is 6.88. The average molecular weight is 656 g/mol. The lowest BCUT2D eigenvalue weighted by Gasteiger charge is -2.42. The highest BCUT2D eigenvalue weighted by molar-refractivity contribution is 5.85. The number of aromatic amines is 2.